The van der Waals surface area contributed by atoms with Crippen LogP contribution < -0.4 is 16.4 Å². The fourth-order valence-corrected chi connectivity index (χ4v) is 2.93. The monoisotopic (exact) mass is 492 g/mol. The second kappa shape index (κ2) is 11.3. The number of amides is 1. The maximum Gasteiger partial charge on any atom is 0.226 e. The summed E-state index contributed by atoms with van der Waals surface area (Å²) in [6.45, 7) is 2.93. The number of guanidine groups is 1. The minimum atomic E-state index is -0.0979. The molecule has 0 aliphatic rings. The summed E-state index contributed by atoms with van der Waals surface area (Å²) < 4.78 is 0. The van der Waals surface area contributed by atoms with Crippen molar-refractivity contribution >= 4 is 64.5 Å². The zero-order valence-electron chi connectivity index (χ0n) is 13.9. The number of carbonyl (C=O) groups excluding carboxylic acids is 1. The second-order valence-corrected chi connectivity index (χ2v) is 6.67. The minimum absolute atomic E-state index is 0. The van der Waals surface area contributed by atoms with Crippen LogP contribution in [0.25, 0.3) is 0 Å². The van der Waals surface area contributed by atoms with Crippen molar-refractivity contribution in [2.45, 2.75) is 19.8 Å². The molecule has 1 aromatic heterocycles. The van der Waals surface area contributed by atoms with Crippen LogP contribution in [-0.4, -0.2) is 25.0 Å². The number of nitrogens with zero attached hydrogens (tertiary/aromatic N) is 1. The largest absolute Gasteiger partial charge is 0.370 e. The number of carbonyl (C=O) groups is 1. The summed E-state index contributed by atoms with van der Waals surface area (Å²) in [6.07, 6.45) is 1.17. The number of hydrogen-bond acceptors (Lipinski definition) is 3. The van der Waals surface area contributed by atoms with Crippen LogP contribution in [0.1, 0.15) is 16.9 Å². The van der Waals surface area contributed by atoms with E-state index in [-0.39, 0.29) is 29.9 Å². The lowest BCUT2D eigenvalue weighted by Gasteiger charge is -2.10. The van der Waals surface area contributed by atoms with Crippen molar-refractivity contribution in [2.24, 2.45) is 10.7 Å². The first kappa shape index (κ1) is 21.7. The van der Waals surface area contributed by atoms with Crippen molar-refractivity contribution in [3.8, 4) is 0 Å². The highest BCUT2D eigenvalue weighted by molar-refractivity contribution is 14.0. The van der Waals surface area contributed by atoms with Gasteiger partial charge in [0.2, 0.25) is 5.91 Å². The molecule has 5 nitrogen and oxygen atoms in total. The Morgan fingerprint density at radius 1 is 1.32 bits per heavy atom. The van der Waals surface area contributed by atoms with Crippen molar-refractivity contribution in [1.82, 2.24) is 5.32 Å². The van der Waals surface area contributed by atoms with Gasteiger partial charge in [-0.3, -0.25) is 9.79 Å². The van der Waals surface area contributed by atoms with Crippen LogP contribution in [0.15, 0.2) is 40.7 Å². The van der Waals surface area contributed by atoms with Gasteiger partial charge < -0.3 is 16.4 Å². The molecule has 0 saturated heterocycles. The average molecular weight is 493 g/mol. The topological polar surface area (TPSA) is 79.5 Å². The molecule has 0 fully saturated rings. The quantitative estimate of drug-likeness (QED) is 0.312. The lowest BCUT2D eigenvalue weighted by Crippen LogP contribution is -2.34. The van der Waals surface area contributed by atoms with Crippen molar-refractivity contribution in [3.05, 3.63) is 51.2 Å². The van der Waals surface area contributed by atoms with Crippen LogP contribution in [0.2, 0.25) is 5.02 Å². The molecule has 0 atom stereocenters. The number of nitrogens with two attached hydrogens (primary N) is 1. The molecule has 136 valence electrons. The maximum atomic E-state index is 12.0. The van der Waals surface area contributed by atoms with Gasteiger partial charge in [-0.05, 0) is 36.1 Å². The predicted octanol–water partition coefficient (Wildman–Crippen LogP) is 3.80. The first-order valence-electron chi connectivity index (χ1n) is 7.67. The van der Waals surface area contributed by atoms with Crippen molar-refractivity contribution < 1.29 is 4.79 Å². The minimum Gasteiger partial charge on any atom is -0.370 e. The predicted molar refractivity (Wildman–Crippen MR) is 117 cm³/mol. The lowest BCUT2D eigenvalue weighted by molar-refractivity contribution is -0.116. The van der Waals surface area contributed by atoms with Crippen LogP contribution in [0.4, 0.5) is 5.69 Å². The van der Waals surface area contributed by atoms with Crippen LogP contribution in [0, 0.1) is 6.92 Å². The summed E-state index contributed by atoms with van der Waals surface area (Å²) in [5, 5.41) is 8.47. The third-order valence-corrected chi connectivity index (χ3v) is 4.77. The van der Waals surface area contributed by atoms with Gasteiger partial charge in [0.1, 0.15) is 0 Å². The number of aliphatic imine (C=N–C) groups is 1. The average Bonchev–Trinajstić information content (AvgIpc) is 3.05. The van der Waals surface area contributed by atoms with E-state index in [1.54, 1.807) is 23.5 Å². The Kier molecular flexibility index (Phi) is 9.84. The number of anilines is 1. The Morgan fingerprint density at radius 3 is 2.84 bits per heavy atom. The number of thiophene rings is 1. The van der Waals surface area contributed by atoms with Gasteiger partial charge in [0, 0.05) is 41.5 Å². The van der Waals surface area contributed by atoms with E-state index in [1.165, 1.54) is 4.88 Å². The van der Waals surface area contributed by atoms with E-state index >= 15 is 0 Å². The summed E-state index contributed by atoms with van der Waals surface area (Å²) in [6, 6.07) is 9.52. The fraction of sp³-hybridized carbons (Fsp3) is 0.294. The van der Waals surface area contributed by atoms with Gasteiger partial charge >= 0.3 is 0 Å². The molecule has 25 heavy (non-hydrogen) atoms. The van der Waals surface area contributed by atoms with Crippen LogP contribution in [-0.2, 0) is 11.2 Å². The van der Waals surface area contributed by atoms with Crippen LogP contribution in [0.3, 0.4) is 0 Å². The molecular weight excluding hydrogens is 471 g/mol. The molecule has 0 aliphatic heterocycles. The molecule has 0 bridgehead atoms. The van der Waals surface area contributed by atoms with Gasteiger partial charge in [-0.2, -0.15) is 0 Å². The Balaban J connectivity index is 0.00000312. The third-order valence-electron chi connectivity index (χ3n) is 3.42. The van der Waals surface area contributed by atoms with Crippen LogP contribution >= 0.6 is 46.9 Å². The highest BCUT2D eigenvalue weighted by atomic mass is 127. The van der Waals surface area contributed by atoms with Gasteiger partial charge in [0.15, 0.2) is 5.96 Å². The lowest BCUT2D eigenvalue weighted by atomic mass is 10.2. The van der Waals surface area contributed by atoms with E-state index in [9.17, 15) is 4.79 Å². The molecule has 2 rings (SSSR count). The number of halogens is 2. The summed E-state index contributed by atoms with van der Waals surface area (Å²) in [7, 11) is 0. The van der Waals surface area contributed by atoms with Gasteiger partial charge in [-0.1, -0.05) is 23.7 Å². The van der Waals surface area contributed by atoms with Gasteiger partial charge in [-0.15, -0.1) is 35.3 Å². The van der Waals surface area contributed by atoms with Gasteiger partial charge in [0.25, 0.3) is 0 Å². The highest BCUT2D eigenvalue weighted by Gasteiger charge is 2.06. The SMILES string of the molecule is Cc1c(Cl)cccc1NC(=O)CCNC(N)=NCCc1cccs1.I. The molecule has 1 aromatic carbocycles. The first-order valence-corrected chi connectivity index (χ1v) is 8.93. The third kappa shape index (κ3) is 7.62. The smallest absolute Gasteiger partial charge is 0.226 e. The fourth-order valence-electron chi connectivity index (χ4n) is 2.06. The summed E-state index contributed by atoms with van der Waals surface area (Å²) >= 11 is 7.74. The van der Waals surface area contributed by atoms with Crippen molar-refractivity contribution in [2.75, 3.05) is 18.4 Å². The summed E-state index contributed by atoms with van der Waals surface area (Å²) in [5.74, 6) is 0.262. The molecule has 2 aromatic rings. The first-order chi connectivity index (χ1) is 11.6. The van der Waals surface area contributed by atoms with Crippen molar-refractivity contribution in [1.29, 1.82) is 0 Å². The van der Waals surface area contributed by atoms with Gasteiger partial charge in [0.05, 0.1) is 0 Å². The molecule has 0 radical (unpaired) electrons. The molecule has 1 heterocycles. The second-order valence-electron chi connectivity index (χ2n) is 5.23. The Bertz CT molecular complexity index is 707. The Hall–Kier alpha value is -1.32. The molecular formula is C17H22ClIN4OS. The summed E-state index contributed by atoms with van der Waals surface area (Å²) in [5.41, 5.74) is 7.37. The normalized spacial score (nSPS) is 10.9. The highest BCUT2D eigenvalue weighted by Crippen LogP contribution is 2.22. The van der Waals surface area contributed by atoms with E-state index in [4.69, 9.17) is 17.3 Å². The Labute approximate surface area is 174 Å². The number of rotatable bonds is 7. The van der Waals surface area contributed by atoms with E-state index in [0.717, 1.165) is 17.7 Å². The molecule has 0 saturated carbocycles. The van der Waals surface area contributed by atoms with Gasteiger partial charge in [-0.25, -0.2) is 0 Å². The molecule has 0 spiro atoms. The zero-order chi connectivity index (χ0) is 17.4. The summed E-state index contributed by atoms with van der Waals surface area (Å²) in [4.78, 5) is 17.5. The van der Waals surface area contributed by atoms with E-state index in [0.29, 0.717) is 30.5 Å². The molecule has 8 heteroatoms. The zero-order valence-corrected chi connectivity index (χ0v) is 17.8. The molecule has 0 aliphatic carbocycles. The molecule has 0 unspecified atom stereocenters. The Morgan fingerprint density at radius 2 is 2.12 bits per heavy atom. The maximum absolute atomic E-state index is 12.0. The molecule has 4 N–H and O–H groups in total. The number of hydrogen-bond donors (Lipinski definition) is 3. The number of benzene rings is 1. The van der Waals surface area contributed by atoms with Crippen molar-refractivity contribution in [3.63, 3.8) is 0 Å². The van der Waals surface area contributed by atoms with E-state index in [1.807, 2.05) is 24.4 Å². The van der Waals surface area contributed by atoms with E-state index in [2.05, 4.69) is 21.7 Å². The number of nitrogens with one attached hydrogen (secondary N) is 2. The standard InChI is InChI=1S/C17H21ClN4OS.HI/c1-12-14(18)5-2-6-15(12)22-16(23)8-10-21-17(19)20-9-7-13-4-3-11-24-13;/h2-6,11H,7-10H2,1H3,(H,22,23)(H3,19,20,21);1H. The van der Waals surface area contributed by atoms with Crippen LogP contribution in [0.5, 0.6) is 0 Å². The van der Waals surface area contributed by atoms with E-state index < -0.39 is 0 Å². The molecule has 1 amide bonds.